The molecule has 1 rings (SSSR count). The number of rotatable bonds is 8. The third-order valence-corrected chi connectivity index (χ3v) is 3.15. The SMILES string of the molecule is CNCCCC(=O)N(C)CCc1ccccc1OC. The highest BCUT2D eigenvalue weighted by molar-refractivity contribution is 5.75. The van der Waals surface area contributed by atoms with Gasteiger partial charge < -0.3 is 15.0 Å². The number of hydrogen-bond donors (Lipinski definition) is 1. The Balaban J connectivity index is 2.40. The first-order valence-electron chi connectivity index (χ1n) is 6.69. The molecule has 0 radical (unpaired) electrons. The molecular weight excluding hydrogens is 240 g/mol. The Labute approximate surface area is 115 Å². The fourth-order valence-corrected chi connectivity index (χ4v) is 1.93. The monoisotopic (exact) mass is 264 g/mol. The van der Waals surface area contributed by atoms with Crippen molar-refractivity contribution in [2.75, 3.05) is 34.3 Å². The Morgan fingerprint density at radius 3 is 2.79 bits per heavy atom. The summed E-state index contributed by atoms with van der Waals surface area (Å²) in [6, 6.07) is 7.93. The molecule has 0 heterocycles. The summed E-state index contributed by atoms with van der Waals surface area (Å²) in [5.74, 6) is 1.09. The van der Waals surface area contributed by atoms with Crippen molar-refractivity contribution in [3.63, 3.8) is 0 Å². The van der Waals surface area contributed by atoms with Crippen molar-refractivity contribution < 1.29 is 9.53 Å². The lowest BCUT2D eigenvalue weighted by molar-refractivity contribution is -0.129. The largest absolute Gasteiger partial charge is 0.496 e. The maximum absolute atomic E-state index is 11.9. The van der Waals surface area contributed by atoms with Crippen LogP contribution in [0.25, 0.3) is 0 Å². The summed E-state index contributed by atoms with van der Waals surface area (Å²) >= 11 is 0. The minimum atomic E-state index is 0.199. The van der Waals surface area contributed by atoms with Gasteiger partial charge in [-0.15, -0.1) is 0 Å². The predicted molar refractivity (Wildman–Crippen MR) is 77.5 cm³/mol. The fourth-order valence-electron chi connectivity index (χ4n) is 1.93. The second kappa shape index (κ2) is 8.53. The molecule has 1 aromatic carbocycles. The number of nitrogens with one attached hydrogen (secondary N) is 1. The van der Waals surface area contributed by atoms with Gasteiger partial charge in [-0.3, -0.25) is 4.79 Å². The summed E-state index contributed by atoms with van der Waals surface area (Å²) in [6.45, 7) is 1.60. The van der Waals surface area contributed by atoms with E-state index >= 15 is 0 Å². The van der Waals surface area contributed by atoms with Crippen LogP contribution in [0.4, 0.5) is 0 Å². The van der Waals surface area contributed by atoms with E-state index in [0.717, 1.165) is 37.2 Å². The number of amides is 1. The van der Waals surface area contributed by atoms with Gasteiger partial charge in [0.2, 0.25) is 5.91 Å². The van der Waals surface area contributed by atoms with E-state index in [0.29, 0.717) is 6.42 Å². The molecule has 4 nitrogen and oxygen atoms in total. The van der Waals surface area contributed by atoms with Crippen LogP contribution in [0, 0.1) is 0 Å². The molecule has 1 N–H and O–H groups in total. The normalized spacial score (nSPS) is 10.3. The average Bonchev–Trinajstić information content (AvgIpc) is 2.45. The summed E-state index contributed by atoms with van der Waals surface area (Å²) in [4.78, 5) is 13.7. The molecule has 0 spiro atoms. The second-order valence-corrected chi connectivity index (χ2v) is 4.58. The van der Waals surface area contributed by atoms with Crippen LogP contribution in [0.1, 0.15) is 18.4 Å². The van der Waals surface area contributed by atoms with Gasteiger partial charge in [0.05, 0.1) is 7.11 Å². The van der Waals surface area contributed by atoms with E-state index in [9.17, 15) is 4.79 Å². The Morgan fingerprint density at radius 1 is 1.37 bits per heavy atom. The number of hydrogen-bond acceptors (Lipinski definition) is 3. The molecule has 19 heavy (non-hydrogen) atoms. The molecule has 0 aliphatic rings. The lowest BCUT2D eigenvalue weighted by Gasteiger charge is -2.18. The van der Waals surface area contributed by atoms with Crippen molar-refractivity contribution in [1.29, 1.82) is 0 Å². The number of ether oxygens (including phenoxy) is 1. The lowest BCUT2D eigenvalue weighted by Crippen LogP contribution is -2.29. The summed E-state index contributed by atoms with van der Waals surface area (Å²) in [5, 5.41) is 3.05. The van der Waals surface area contributed by atoms with E-state index < -0.39 is 0 Å². The molecule has 106 valence electrons. The number of para-hydroxylation sites is 1. The quantitative estimate of drug-likeness (QED) is 0.727. The highest BCUT2D eigenvalue weighted by Crippen LogP contribution is 2.17. The van der Waals surface area contributed by atoms with Gasteiger partial charge in [0.1, 0.15) is 5.75 Å². The third kappa shape index (κ3) is 5.30. The topological polar surface area (TPSA) is 41.6 Å². The molecule has 0 saturated heterocycles. The van der Waals surface area contributed by atoms with E-state index in [2.05, 4.69) is 5.32 Å². The van der Waals surface area contributed by atoms with Gasteiger partial charge in [0, 0.05) is 20.0 Å². The Morgan fingerprint density at radius 2 is 2.11 bits per heavy atom. The average molecular weight is 264 g/mol. The zero-order valence-electron chi connectivity index (χ0n) is 12.1. The van der Waals surface area contributed by atoms with Gasteiger partial charge in [0.15, 0.2) is 0 Å². The highest BCUT2D eigenvalue weighted by Gasteiger charge is 2.09. The third-order valence-electron chi connectivity index (χ3n) is 3.15. The van der Waals surface area contributed by atoms with Crippen molar-refractivity contribution in [1.82, 2.24) is 10.2 Å². The van der Waals surface area contributed by atoms with E-state index in [1.807, 2.05) is 38.4 Å². The summed E-state index contributed by atoms with van der Waals surface area (Å²) in [7, 11) is 5.43. The first-order chi connectivity index (χ1) is 9.19. The highest BCUT2D eigenvalue weighted by atomic mass is 16.5. The van der Waals surface area contributed by atoms with Crippen LogP contribution in [0.5, 0.6) is 5.75 Å². The van der Waals surface area contributed by atoms with Crippen molar-refractivity contribution >= 4 is 5.91 Å². The van der Waals surface area contributed by atoms with E-state index in [-0.39, 0.29) is 5.91 Å². The van der Waals surface area contributed by atoms with Gasteiger partial charge in [-0.25, -0.2) is 0 Å². The number of carbonyl (C=O) groups is 1. The molecule has 0 atom stereocenters. The number of likely N-dealkylation sites (N-methyl/N-ethyl adjacent to an activating group) is 1. The van der Waals surface area contributed by atoms with Crippen molar-refractivity contribution in [3.05, 3.63) is 29.8 Å². The van der Waals surface area contributed by atoms with Gasteiger partial charge in [-0.05, 0) is 38.1 Å². The predicted octanol–water partition coefficient (Wildman–Crippen LogP) is 1.70. The molecule has 0 saturated carbocycles. The van der Waals surface area contributed by atoms with Crippen LogP contribution >= 0.6 is 0 Å². The molecule has 0 aromatic heterocycles. The van der Waals surface area contributed by atoms with Gasteiger partial charge in [-0.2, -0.15) is 0 Å². The summed E-state index contributed by atoms with van der Waals surface area (Å²) in [6.07, 6.45) is 2.30. The minimum Gasteiger partial charge on any atom is -0.496 e. The lowest BCUT2D eigenvalue weighted by atomic mass is 10.1. The summed E-state index contributed by atoms with van der Waals surface area (Å²) in [5.41, 5.74) is 1.14. The van der Waals surface area contributed by atoms with E-state index in [4.69, 9.17) is 4.74 Å². The van der Waals surface area contributed by atoms with Gasteiger partial charge >= 0.3 is 0 Å². The van der Waals surface area contributed by atoms with Crippen LogP contribution in [-0.2, 0) is 11.2 Å². The zero-order chi connectivity index (χ0) is 14.1. The van der Waals surface area contributed by atoms with Crippen molar-refractivity contribution in [2.24, 2.45) is 0 Å². The summed E-state index contributed by atoms with van der Waals surface area (Å²) < 4.78 is 5.31. The molecular formula is C15H24N2O2. The van der Waals surface area contributed by atoms with Crippen LogP contribution in [-0.4, -0.2) is 45.1 Å². The number of nitrogens with zero attached hydrogens (tertiary/aromatic N) is 1. The van der Waals surface area contributed by atoms with Crippen LogP contribution in [0.15, 0.2) is 24.3 Å². The Bertz CT molecular complexity index is 393. The zero-order valence-corrected chi connectivity index (χ0v) is 12.1. The molecule has 1 amide bonds. The molecule has 0 bridgehead atoms. The first-order valence-corrected chi connectivity index (χ1v) is 6.69. The number of benzene rings is 1. The second-order valence-electron chi connectivity index (χ2n) is 4.58. The Kier molecular flexibility index (Phi) is 6.97. The number of carbonyl (C=O) groups excluding carboxylic acids is 1. The molecule has 1 aromatic rings. The van der Waals surface area contributed by atoms with Gasteiger partial charge in [0.25, 0.3) is 0 Å². The molecule has 0 aliphatic carbocycles. The fraction of sp³-hybridized carbons (Fsp3) is 0.533. The van der Waals surface area contributed by atoms with Crippen LogP contribution < -0.4 is 10.1 Å². The standard InChI is InChI=1S/C15H24N2O2/c1-16-11-6-9-15(18)17(2)12-10-13-7-4-5-8-14(13)19-3/h4-5,7-8,16H,6,9-12H2,1-3H3. The molecule has 0 aliphatic heterocycles. The van der Waals surface area contributed by atoms with Gasteiger partial charge in [-0.1, -0.05) is 18.2 Å². The maximum Gasteiger partial charge on any atom is 0.222 e. The van der Waals surface area contributed by atoms with E-state index in [1.54, 1.807) is 12.0 Å². The van der Waals surface area contributed by atoms with Crippen molar-refractivity contribution in [2.45, 2.75) is 19.3 Å². The number of methoxy groups -OCH3 is 1. The maximum atomic E-state index is 11.9. The smallest absolute Gasteiger partial charge is 0.222 e. The molecule has 4 heteroatoms. The Hall–Kier alpha value is -1.55. The van der Waals surface area contributed by atoms with Crippen LogP contribution in [0.3, 0.4) is 0 Å². The first kappa shape index (κ1) is 15.5. The molecule has 0 unspecified atom stereocenters. The van der Waals surface area contributed by atoms with Crippen LogP contribution in [0.2, 0.25) is 0 Å². The molecule has 0 fully saturated rings. The van der Waals surface area contributed by atoms with E-state index in [1.165, 1.54) is 0 Å². The van der Waals surface area contributed by atoms with Crippen molar-refractivity contribution in [3.8, 4) is 5.75 Å². The minimum absolute atomic E-state index is 0.199.